The van der Waals surface area contributed by atoms with Crippen LogP contribution in [0.3, 0.4) is 0 Å². The average Bonchev–Trinajstić information content (AvgIpc) is 2.84. The molecular weight excluding hydrogens is 282 g/mol. The number of hydrogen-bond donors (Lipinski definition) is 0. The number of thiophene rings is 1. The van der Waals surface area contributed by atoms with Gasteiger partial charge >= 0.3 is 0 Å². The van der Waals surface area contributed by atoms with Crippen molar-refractivity contribution in [1.82, 2.24) is 9.97 Å². The Hall–Kier alpha value is -1.20. The Bertz CT molecular complexity index is 676. The number of ether oxygens (including phenoxy) is 1. The van der Waals surface area contributed by atoms with E-state index in [4.69, 9.17) is 14.7 Å². The molecule has 2 aliphatic rings. The second kappa shape index (κ2) is 5.21. The molecule has 0 radical (unpaired) electrons. The molecule has 2 aromatic rings. The Morgan fingerprint density at radius 1 is 1.24 bits per heavy atom. The van der Waals surface area contributed by atoms with Crippen molar-refractivity contribution in [3.63, 3.8) is 0 Å². The van der Waals surface area contributed by atoms with Gasteiger partial charge in [-0.05, 0) is 37.7 Å². The first kappa shape index (κ1) is 13.5. The van der Waals surface area contributed by atoms with E-state index in [1.807, 2.05) is 18.3 Å². The Labute approximate surface area is 129 Å². The first-order chi connectivity index (χ1) is 10.2. The molecule has 1 fully saturated rings. The Kier molecular flexibility index (Phi) is 3.34. The van der Waals surface area contributed by atoms with Crippen LogP contribution in [0.25, 0.3) is 10.2 Å². The summed E-state index contributed by atoms with van der Waals surface area (Å²) in [4.78, 5) is 14.6. The van der Waals surface area contributed by atoms with Crippen LogP contribution in [0.2, 0.25) is 0 Å². The maximum atomic E-state index is 5.49. The van der Waals surface area contributed by atoms with Crippen LogP contribution in [-0.2, 0) is 17.6 Å². The molecule has 1 aliphatic heterocycles. The van der Waals surface area contributed by atoms with Gasteiger partial charge in [0.15, 0.2) is 0 Å². The lowest BCUT2D eigenvalue weighted by Gasteiger charge is -2.29. The van der Waals surface area contributed by atoms with Crippen LogP contribution in [0.15, 0.2) is 0 Å². The van der Waals surface area contributed by atoms with E-state index in [-0.39, 0.29) is 0 Å². The lowest BCUT2D eigenvalue weighted by Crippen LogP contribution is -2.37. The average molecular weight is 303 g/mol. The van der Waals surface area contributed by atoms with Gasteiger partial charge in [-0.2, -0.15) is 0 Å². The molecule has 112 valence electrons. The quantitative estimate of drug-likeness (QED) is 0.812. The fourth-order valence-corrected chi connectivity index (χ4v) is 4.85. The van der Waals surface area contributed by atoms with Gasteiger partial charge in [-0.15, -0.1) is 11.3 Å². The summed E-state index contributed by atoms with van der Waals surface area (Å²) in [7, 11) is 0. The molecule has 0 saturated carbocycles. The van der Waals surface area contributed by atoms with Gasteiger partial charge in [-0.3, -0.25) is 0 Å². The van der Waals surface area contributed by atoms with Gasteiger partial charge < -0.3 is 9.64 Å². The number of anilines is 1. The van der Waals surface area contributed by atoms with E-state index in [9.17, 15) is 0 Å². The molecular formula is C16H21N3OS. The lowest BCUT2D eigenvalue weighted by atomic mass is 9.89. The van der Waals surface area contributed by atoms with Crippen molar-refractivity contribution in [3.8, 4) is 0 Å². The number of morpholine rings is 1. The first-order valence-corrected chi connectivity index (χ1v) is 8.65. The van der Waals surface area contributed by atoms with E-state index in [1.54, 1.807) is 0 Å². The monoisotopic (exact) mass is 303 g/mol. The highest BCUT2D eigenvalue weighted by Gasteiger charge is 2.26. The third-order valence-electron chi connectivity index (χ3n) is 4.56. The maximum absolute atomic E-state index is 5.49. The zero-order chi connectivity index (χ0) is 14.4. The van der Waals surface area contributed by atoms with Crippen LogP contribution in [-0.4, -0.2) is 36.3 Å². The van der Waals surface area contributed by atoms with Crippen LogP contribution < -0.4 is 4.90 Å². The number of nitrogens with zero attached hydrogens (tertiary/aromatic N) is 3. The molecule has 4 rings (SSSR count). The highest BCUT2D eigenvalue weighted by Crippen LogP contribution is 2.41. The van der Waals surface area contributed by atoms with Gasteiger partial charge in [0.25, 0.3) is 0 Å². The molecule has 0 amide bonds. The molecule has 0 N–H and O–H groups in total. The second-order valence-corrected chi connectivity index (χ2v) is 7.31. The molecule has 0 unspecified atom stereocenters. The van der Waals surface area contributed by atoms with Gasteiger partial charge in [0, 0.05) is 18.0 Å². The normalized spacial score (nSPS) is 22.6. The molecule has 0 bridgehead atoms. The zero-order valence-electron chi connectivity index (χ0n) is 12.7. The van der Waals surface area contributed by atoms with Gasteiger partial charge in [-0.25, -0.2) is 9.97 Å². The van der Waals surface area contributed by atoms with E-state index < -0.39 is 0 Å². The minimum atomic E-state index is 0.798. The molecule has 3 heterocycles. The molecule has 0 aromatic carbocycles. The summed E-state index contributed by atoms with van der Waals surface area (Å²) in [6.07, 6.45) is 3.67. The van der Waals surface area contributed by atoms with Crippen LogP contribution in [0.5, 0.6) is 0 Å². The number of fused-ring (bicyclic) bond motifs is 3. The molecule has 1 saturated heterocycles. The standard InChI is InChI=1S/C16H21N3OS/c1-10-3-4-12-13(9-10)21-16-14(12)15(17-11(2)18-16)19-5-7-20-8-6-19/h10H,3-9H2,1-2H3/t10-/m1/s1. The lowest BCUT2D eigenvalue weighted by molar-refractivity contribution is 0.122. The number of aromatic nitrogens is 2. The van der Waals surface area contributed by atoms with Gasteiger partial charge in [0.2, 0.25) is 0 Å². The molecule has 1 atom stereocenters. The van der Waals surface area contributed by atoms with Crippen molar-refractivity contribution in [1.29, 1.82) is 0 Å². The summed E-state index contributed by atoms with van der Waals surface area (Å²) < 4.78 is 5.49. The highest BCUT2D eigenvalue weighted by atomic mass is 32.1. The summed E-state index contributed by atoms with van der Waals surface area (Å²) in [5, 5.41) is 1.33. The fourth-order valence-electron chi connectivity index (χ4n) is 3.43. The molecule has 5 heteroatoms. The van der Waals surface area contributed by atoms with E-state index in [2.05, 4.69) is 11.8 Å². The minimum Gasteiger partial charge on any atom is -0.378 e. The van der Waals surface area contributed by atoms with Crippen LogP contribution in [0, 0.1) is 12.8 Å². The summed E-state index contributed by atoms with van der Waals surface area (Å²) in [6.45, 7) is 7.83. The topological polar surface area (TPSA) is 38.2 Å². The smallest absolute Gasteiger partial charge is 0.141 e. The van der Waals surface area contributed by atoms with Crippen molar-refractivity contribution in [2.24, 2.45) is 5.92 Å². The predicted molar refractivity (Wildman–Crippen MR) is 86.4 cm³/mol. The van der Waals surface area contributed by atoms with E-state index in [1.165, 1.54) is 39.9 Å². The van der Waals surface area contributed by atoms with E-state index >= 15 is 0 Å². The maximum Gasteiger partial charge on any atom is 0.141 e. The Morgan fingerprint density at radius 2 is 2.05 bits per heavy atom. The summed E-state index contributed by atoms with van der Waals surface area (Å²) in [6, 6.07) is 0. The van der Waals surface area contributed by atoms with Crippen LogP contribution in [0.1, 0.15) is 29.6 Å². The second-order valence-electron chi connectivity index (χ2n) is 6.23. The molecule has 4 nitrogen and oxygen atoms in total. The molecule has 2 aromatic heterocycles. The largest absolute Gasteiger partial charge is 0.378 e. The number of hydrogen-bond acceptors (Lipinski definition) is 5. The van der Waals surface area contributed by atoms with Gasteiger partial charge in [0.1, 0.15) is 16.5 Å². The summed E-state index contributed by atoms with van der Waals surface area (Å²) in [5.41, 5.74) is 1.52. The fraction of sp³-hybridized carbons (Fsp3) is 0.625. The zero-order valence-corrected chi connectivity index (χ0v) is 13.5. The van der Waals surface area contributed by atoms with Crippen molar-refractivity contribution < 1.29 is 4.74 Å². The van der Waals surface area contributed by atoms with Crippen molar-refractivity contribution >= 4 is 27.4 Å². The molecule has 0 spiro atoms. The third-order valence-corrected chi connectivity index (χ3v) is 5.71. The number of aryl methyl sites for hydroxylation is 2. The minimum absolute atomic E-state index is 0.798. The Balaban J connectivity index is 1.88. The Morgan fingerprint density at radius 3 is 2.86 bits per heavy atom. The van der Waals surface area contributed by atoms with Gasteiger partial charge in [0.05, 0.1) is 18.6 Å². The van der Waals surface area contributed by atoms with E-state index in [0.717, 1.165) is 43.9 Å². The van der Waals surface area contributed by atoms with Crippen molar-refractivity contribution in [3.05, 3.63) is 16.3 Å². The predicted octanol–water partition coefficient (Wildman–Crippen LogP) is 2.96. The van der Waals surface area contributed by atoms with Crippen molar-refractivity contribution in [2.75, 3.05) is 31.2 Å². The summed E-state index contributed by atoms with van der Waals surface area (Å²) >= 11 is 1.89. The summed E-state index contributed by atoms with van der Waals surface area (Å²) in [5.74, 6) is 2.83. The first-order valence-electron chi connectivity index (χ1n) is 7.84. The SMILES string of the molecule is Cc1nc(N2CCOCC2)c2c3c(sc2n1)C[C@H](C)CC3. The van der Waals surface area contributed by atoms with E-state index in [0.29, 0.717) is 0 Å². The van der Waals surface area contributed by atoms with Crippen LogP contribution in [0.4, 0.5) is 5.82 Å². The highest BCUT2D eigenvalue weighted by molar-refractivity contribution is 7.19. The third kappa shape index (κ3) is 2.32. The van der Waals surface area contributed by atoms with Gasteiger partial charge in [-0.1, -0.05) is 6.92 Å². The molecule has 1 aliphatic carbocycles. The van der Waals surface area contributed by atoms with Crippen LogP contribution >= 0.6 is 11.3 Å². The van der Waals surface area contributed by atoms with Crippen molar-refractivity contribution in [2.45, 2.75) is 33.1 Å². The number of rotatable bonds is 1. The molecule has 21 heavy (non-hydrogen) atoms.